The van der Waals surface area contributed by atoms with E-state index in [2.05, 4.69) is 179 Å². The van der Waals surface area contributed by atoms with Crippen molar-refractivity contribution in [2.24, 2.45) is 0 Å². The van der Waals surface area contributed by atoms with Gasteiger partial charge in [-0.15, -0.1) is 0 Å². The van der Waals surface area contributed by atoms with Crippen LogP contribution in [0.1, 0.15) is 239 Å². The molecule has 0 amide bonds. The number of carbonyl (C=O) groups excluding carboxylic acids is 3. The molecule has 0 radical (unpaired) electrons. The van der Waals surface area contributed by atoms with Gasteiger partial charge in [-0.2, -0.15) is 0 Å². The first-order valence-corrected chi connectivity index (χ1v) is 30.6. The molecule has 6 nitrogen and oxygen atoms in total. The van der Waals surface area contributed by atoms with Gasteiger partial charge in [0.25, 0.3) is 0 Å². The molecule has 1 unspecified atom stereocenters. The molecule has 0 aliphatic carbocycles. The summed E-state index contributed by atoms with van der Waals surface area (Å²) < 4.78 is 16.8. The van der Waals surface area contributed by atoms with Gasteiger partial charge in [0.05, 0.1) is 0 Å². The Hall–Kier alpha value is -5.23. The SMILES string of the molecule is CC/C=C\C/C=C\C/C=C\C/C=C\C/C=C\C/C=C\CCCCCCC(=O)OCC(COC(=O)CCCCCCCCC/C=C\C/C=C\CCCCC)OC(=O)CC/C=C\C/C=C\C/C=C\C/C=C\C/C=C\C/C=C\CC. The molecule has 77 heavy (non-hydrogen) atoms. The van der Waals surface area contributed by atoms with Crippen LogP contribution in [-0.4, -0.2) is 37.2 Å². The van der Waals surface area contributed by atoms with Gasteiger partial charge < -0.3 is 14.2 Å². The number of esters is 3. The Balaban J connectivity index is 4.59. The number of unbranched alkanes of at least 4 members (excludes halogenated alkanes) is 14. The highest BCUT2D eigenvalue weighted by Gasteiger charge is 2.19. The van der Waals surface area contributed by atoms with Gasteiger partial charge in [0.2, 0.25) is 0 Å². The fourth-order valence-electron chi connectivity index (χ4n) is 7.68. The highest BCUT2D eigenvalue weighted by atomic mass is 16.6. The number of ether oxygens (including phenoxy) is 3. The molecule has 0 bridgehead atoms. The Morgan fingerprint density at radius 1 is 0.273 bits per heavy atom. The van der Waals surface area contributed by atoms with Gasteiger partial charge in [0.15, 0.2) is 6.10 Å². The number of allylic oxidation sites excluding steroid dienone is 28. The largest absolute Gasteiger partial charge is 0.462 e. The molecule has 0 heterocycles. The Bertz CT molecular complexity index is 1790. The lowest BCUT2D eigenvalue weighted by atomic mass is 10.1. The quantitative estimate of drug-likeness (QED) is 0.0261. The third-order valence-corrected chi connectivity index (χ3v) is 12.2. The lowest BCUT2D eigenvalue weighted by Gasteiger charge is -2.18. The lowest BCUT2D eigenvalue weighted by Crippen LogP contribution is -2.30. The molecule has 430 valence electrons. The van der Waals surface area contributed by atoms with E-state index in [0.717, 1.165) is 141 Å². The van der Waals surface area contributed by atoms with Gasteiger partial charge in [0, 0.05) is 19.3 Å². The predicted molar refractivity (Wildman–Crippen MR) is 334 cm³/mol. The van der Waals surface area contributed by atoms with Gasteiger partial charge >= 0.3 is 17.9 Å². The van der Waals surface area contributed by atoms with Crippen molar-refractivity contribution in [3.63, 3.8) is 0 Å². The molecule has 6 heteroatoms. The number of hydrogen-bond acceptors (Lipinski definition) is 6. The zero-order chi connectivity index (χ0) is 55.7. The maximum atomic E-state index is 12.9. The zero-order valence-electron chi connectivity index (χ0n) is 49.1. The maximum absolute atomic E-state index is 12.9. The summed E-state index contributed by atoms with van der Waals surface area (Å²) in [4.78, 5) is 38.3. The van der Waals surface area contributed by atoms with Gasteiger partial charge in [-0.1, -0.05) is 249 Å². The smallest absolute Gasteiger partial charge is 0.306 e. The van der Waals surface area contributed by atoms with Crippen molar-refractivity contribution in [2.45, 2.75) is 245 Å². The molecule has 0 saturated carbocycles. The maximum Gasteiger partial charge on any atom is 0.306 e. The minimum Gasteiger partial charge on any atom is -0.462 e. The first-order chi connectivity index (χ1) is 38.0. The van der Waals surface area contributed by atoms with Gasteiger partial charge in [-0.25, -0.2) is 0 Å². The Labute approximate surface area is 472 Å². The average molecular weight is 1060 g/mol. The lowest BCUT2D eigenvalue weighted by molar-refractivity contribution is -0.166. The van der Waals surface area contributed by atoms with Crippen LogP contribution in [0.15, 0.2) is 170 Å². The van der Waals surface area contributed by atoms with Gasteiger partial charge in [-0.3, -0.25) is 14.4 Å². The molecular formula is C71H110O6. The third-order valence-electron chi connectivity index (χ3n) is 12.2. The van der Waals surface area contributed by atoms with E-state index in [0.29, 0.717) is 19.3 Å². The van der Waals surface area contributed by atoms with Crippen LogP contribution in [0.5, 0.6) is 0 Å². The molecule has 1 atom stereocenters. The predicted octanol–water partition coefficient (Wildman–Crippen LogP) is 21.1. The highest BCUT2D eigenvalue weighted by Crippen LogP contribution is 2.13. The van der Waals surface area contributed by atoms with E-state index in [9.17, 15) is 14.4 Å². The summed E-state index contributed by atoms with van der Waals surface area (Å²) >= 11 is 0. The van der Waals surface area contributed by atoms with Gasteiger partial charge in [-0.05, 0) is 141 Å². The molecule has 0 aromatic rings. The normalized spacial score (nSPS) is 13.3. The van der Waals surface area contributed by atoms with E-state index in [1.807, 2.05) is 12.2 Å². The third kappa shape index (κ3) is 61.5. The van der Waals surface area contributed by atoms with Crippen molar-refractivity contribution in [1.29, 1.82) is 0 Å². The molecule has 0 aromatic carbocycles. The van der Waals surface area contributed by atoms with Crippen LogP contribution in [-0.2, 0) is 28.6 Å². The first-order valence-electron chi connectivity index (χ1n) is 30.6. The Kier molecular flexibility index (Phi) is 59.0. The van der Waals surface area contributed by atoms with Crippen LogP contribution in [0, 0.1) is 0 Å². The topological polar surface area (TPSA) is 78.9 Å². The molecule has 0 fully saturated rings. The molecule has 0 aromatic heterocycles. The molecular weight excluding hydrogens is 949 g/mol. The minimum atomic E-state index is -0.844. The standard InChI is InChI=1S/C71H110O6/c1-4-7-10-13-16-19-22-25-28-31-33-34-35-36-38-40-43-46-49-52-55-58-61-64-70(73)76-67-68(66-75-69(72)63-60-57-54-51-48-45-42-39-30-27-24-21-18-15-12-9-6-3)77-71(74)65-62-59-56-53-50-47-44-41-37-32-29-26-23-20-17-14-11-8-5-2/h7-8,10-11,16-21,25-30,33-34,36-38,41,43,46-47,50,56,59,68H,4-6,9,12-15,22-24,31-32,35,39-40,42,44-45,48-49,51-55,57-58,60-67H2,1-3H3/b10-7-,11-8-,19-16-,20-17-,21-18-,28-25-,29-26-,30-27-,34-33-,38-36-,41-37-,46-43-,50-47-,59-56-. The fourth-order valence-corrected chi connectivity index (χ4v) is 7.68. The zero-order valence-corrected chi connectivity index (χ0v) is 49.1. The Morgan fingerprint density at radius 2 is 0.532 bits per heavy atom. The monoisotopic (exact) mass is 1060 g/mol. The van der Waals surface area contributed by atoms with Crippen molar-refractivity contribution >= 4 is 17.9 Å². The van der Waals surface area contributed by atoms with Crippen molar-refractivity contribution in [1.82, 2.24) is 0 Å². The van der Waals surface area contributed by atoms with Crippen molar-refractivity contribution in [2.75, 3.05) is 13.2 Å². The molecule has 0 N–H and O–H groups in total. The second-order valence-corrected chi connectivity index (χ2v) is 19.5. The summed E-state index contributed by atoms with van der Waals surface area (Å²) in [6, 6.07) is 0. The average Bonchev–Trinajstić information content (AvgIpc) is 3.43. The van der Waals surface area contributed by atoms with E-state index in [1.165, 1.54) is 51.4 Å². The van der Waals surface area contributed by atoms with Crippen LogP contribution >= 0.6 is 0 Å². The molecule has 0 aliphatic rings. The Morgan fingerprint density at radius 3 is 0.844 bits per heavy atom. The van der Waals surface area contributed by atoms with E-state index >= 15 is 0 Å². The number of hydrogen-bond donors (Lipinski definition) is 0. The summed E-state index contributed by atoms with van der Waals surface area (Å²) in [5.74, 6) is -1.05. The van der Waals surface area contributed by atoms with Crippen molar-refractivity contribution in [3.8, 4) is 0 Å². The number of carbonyl (C=O) groups is 3. The second kappa shape index (κ2) is 63.3. The fraction of sp³-hybridized carbons (Fsp3) is 0.563. The van der Waals surface area contributed by atoms with Gasteiger partial charge in [0.1, 0.15) is 13.2 Å². The van der Waals surface area contributed by atoms with E-state index in [4.69, 9.17) is 14.2 Å². The number of rotatable bonds is 53. The molecule has 0 aliphatic heterocycles. The van der Waals surface area contributed by atoms with E-state index in [1.54, 1.807) is 0 Å². The second-order valence-electron chi connectivity index (χ2n) is 19.5. The van der Waals surface area contributed by atoms with Crippen LogP contribution in [0.2, 0.25) is 0 Å². The molecule has 0 saturated heterocycles. The molecule has 0 spiro atoms. The van der Waals surface area contributed by atoms with Crippen LogP contribution in [0.3, 0.4) is 0 Å². The summed E-state index contributed by atoms with van der Waals surface area (Å²) in [6.07, 6.45) is 93.5. The van der Waals surface area contributed by atoms with Crippen LogP contribution in [0.4, 0.5) is 0 Å². The van der Waals surface area contributed by atoms with Crippen LogP contribution in [0.25, 0.3) is 0 Å². The van der Waals surface area contributed by atoms with E-state index in [-0.39, 0.29) is 31.6 Å². The van der Waals surface area contributed by atoms with E-state index < -0.39 is 12.1 Å². The summed E-state index contributed by atoms with van der Waals surface area (Å²) in [6.45, 7) is 6.29. The highest BCUT2D eigenvalue weighted by molar-refractivity contribution is 5.71. The van der Waals surface area contributed by atoms with Crippen molar-refractivity contribution in [3.05, 3.63) is 170 Å². The molecule has 0 rings (SSSR count). The summed E-state index contributed by atoms with van der Waals surface area (Å²) in [5, 5.41) is 0. The summed E-state index contributed by atoms with van der Waals surface area (Å²) in [5.41, 5.74) is 0. The summed E-state index contributed by atoms with van der Waals surface area (Å²) in [7, 11) is 0. The van der Waals surface area contributed by atoms with Crippen molar-refractivity contribution < 1.29 is 28.6 Å². The first kappa shape index (κ1) is 71.8. The minimum absolute atomic E-state index is 0.129. The van der Waals surface area contributed by atoms with Crippen LogP contribution < -0.4 is 0 Å².